The summed E-state index contributed by atoms with van der Waals surface area (Å²) in [6.45, 7) is 10.5. The molecule has 0 bridgehead atoms. The first kappa shape index (κ1) is 16.7. The van der Waals surface area contributed by atoms with Crippen LogP contribution in [0.2, 0.25) is 0 Å². The highest BCUT2D eigenvalue weighted by Gasteiger charge is 2.18. The molecule has 1 heterocycles. The third-order valence-electron chi connectivity index (χ3n) is 4.05. The molecule has 1 aromatic carbocycles. The minimum Gasteiger partial charge on any atom is -0.326 e. The summed E-state index contributed by atoms with van der Waals surface area (Å²) >= 11 is 3.51. The van der Waals surface area contributed by atoms with Crippen molar-refractivity contribution in [1.82, 2.24) is 9.78 Å². The van der Waals surface area contributed by atoms with Crippen molar-refractivity contribution in [2.45, 2.75) is 41.2 Å². The topological polar surface area (TPSA) is 46.9 Å². The molecule has 1 unspecified atom stereocenters. The first-order chi connectivity index (χ1) is 10.3. The van der Waals surface area contributed by atoms with Gasteiger partial charge in [0.25, 0.3) is 0 Å². The smallest absolute Gasteiger partial charge is 0.229 e. The summed E-state index contributed by atoms with van der Waals surface area (Å²) in [5.41, 5.74) is 5.15. The number of aryl methyl sites for hydroxylation is 2. The summed E-state index contributed by atoms with van der Waals surface area (Å²) in [4.78, 5) is 12.4. The average molecular weight is 364 g/mol. The van der Waals surface area contributed by atoms with Gasteiger partial charge in [-0.25, -0.2) is 0 Å². The molecule has 118 valence electrons. The number of carbonyl (C=O) groups is 1. The molecule has 2 rings (SSSR count). The monoisotopic (exact) mass is 363 g/mol. The summed E-state index contributed by atoms with van der Waals surface area (Å²) in [7, 11) is 0. The van der Waals surface area contributed by atoms with Gasteiger partial charge in [0.2, 0.25) is 5.91 Å². The second-order valence-corrected chi connectivity index (χ2v) is 6.60. The molecule has 1 N–H and O–H groups in total. The number of benzene rings is 1. The van der Waals surface area contributed by atoms with Crippen molar-refractivity contribution in [2.24, 2.45) is 5.92 Å². The van der Waals surface area contributed by atoms with Crippen molar-refractivity contribution in [3.63, 3.8) is 0 Å². The lowest BCUT2D eigenvalue weighted by Crippen LogP contribution is -2.25. The Labute approximate surface area is 140 Å². The van der Waals surface area contributed by atoms with E-state index in [1.54, 1.807) is 0 Å². The average Bonchev–Trinajstić information content (AvgIpc) is 2.71. The van der Waals surface area contributed by atoms with Gasteiger partial charge >= 0.3 is 0 Å². The van der Waals surface area contributed by atoms with E-state index in [4.69, 9.17) is 0 Å². The maximum atomic E-state index is 12.4. The second kappa shape index (κ2) is 6.65. The quantitative estimate of drug-likeness (QED) is 0.886. The van der Waals surface area contributed by atoms with E-state index < -0.39 is 0 Å². The van der Waals surface area contributed by atoms with Gasteiger partial charge in [-0.05, 0) is 60.8 Å². The first-order valence-corrected chi connectivity index (χ1v) is 8.17. The number of anilines is 1. The normalized spacial score (nSPS) is 12.3. The van der Waals surface area contributed by atoms with Crippen LogP contribution in [-0.4, -0.2) is 15.7 Å². The number of hydrogen-bond donors (Lipinski definition) is 1. The predicted molar refractivity (Wildman–Crippen MR) is 93.1 cm³/mol. The lowest BCUT2D eigenvalue weighted by Gasteiger charge is -2.15. The van der Waals surface area contributed by atoms with Crippen molar-refractivity contribution >= 4 is 27.5 Å². The highest BCUT2D eigenvalue weighted by molar-refractivity contribution is 9.10. The molecule has 0 saturated carbocycles. The van der Waals surface area contributed by atoms with Crippen LogP contribution >= 0.6 is 15.9 Å². The van der Waals surface area contributed by atoms with Crippen LogP contribution in [0.4, 0.5) is 5.69 Å². The second-order valence-electron chi connectivity index (χ2n) is 5.80. The molecule has 1 atom stereocenters. The Morgan fingerprint density at radius 3 is 2.59 bits per heavy atom. The number of carbonyl (C=O) groups excluding carboxylic acids is 1. The van der Waals surface area contributed by atoms with Gasteiger partial charge in [0.05, 0.1) is 22.6 Å². The summed E-state index contributed by atoms with van der Waals surface area (Å²) in [6, 6.07) is 5.94. The molecule has 0 aliphatic rings. The highest BCUT2D eigenvalue weighted by atomic mass is 79.9. The van der Waals surface area contributed by atoms with E-state index in [0.29, 0.717) is 6.54 Å². The third-order valence-corrected chi connectivity index (χ3v) is 5.20. The summed E-state index contributed by atoms with van der Waals surface area (Å²) in [6.07, 6.45) is 0. The Bertz CT molecular complexity index is 706. The standard InChI is InChI=1S/C17H22BrN3O/c1-10-7-6-8-15(12(10)3)19-17(22)11(2)9-21-14(5)16(18)13(4)20-21/h6-8,11H,9H2,1-5H3,(H,19,22). The van der Waals surface area contributed by atoms with Crippen molar-refractivity contribution in [3.05, 3.63) is 45.2 Å². The molecule has 22 heavy (non-hydrogen) atoms. The number of nitrogens with zero attached hydrogens (tertiary/aromatic N) is 2. The van der Waals surface area contributed by atoms with E-state index in [-0.39, 0.29) is 11.8 Å². The van der Waals surface area contributed by atoms with Gasteiger partial charge in [0.15, 0.2) is 0 Å². The fraction of sp³-hybridized carbons (Fsp3) is 0.412. The molecule has 4 nitrogen and oxygen atoms in total. The molecular formula is C17H22BrN3O. The van der Waals surface area contributed by atoms with Gasteiger partial charge in [0.1, 0.15) is 0 Å². The van der Waals surface area contributed by atoms with Crippen LogP contribution in [0.3, 0.4) is 0 Å². The molecule has 0 radical (unpaired) electrons. The van der Waals surface area contributed by atoms with Gasteiger partial charge in [-0.15, -0.1) is 0 Å². The number of rotatable bonds is 4. The minimum atomic E-state index is -0.162. The van der Waals surface area contributed by atoms with Gasteiger partial charge < -0.3 is 5.32 Å². The van der Waals surface area contributed by atoms with Crippen LogP contribution in [0.15, 0.2) is 22.7 Å². The lowest BCUT2D eigenvalue weighted by molar-refractivity contribution is -0.119. The van der Waals surface area contributed by atoms with Gasteiger partial charge in [0, 0.05) is 11.4 Å². The molecule has 1 aromatic heterocycles. The SMILES string of the molecule is Cc1cccc(NC(=O)C(C)Cn2nc(C)c(Br)c2C)c1C. The molecule has 1 amide bonds. The van der Waals surface area contributed by atoms with E-state index in [1.807, 2.05) is 57.5 Å². The molecular weight excluding hydrogens is 342 g/mol. The zero-order valence-corrected chi connectivity index (χ0v) is 15.3. The molecule has 5 heteroatoms. The molecule has 0 aliphatic carbocycles. The van der Waals surface area contributed by atoms with Crippen molar-refractivity contribution in [3.8, 4) is 0 Å². The Hall–Kier alpha value is -1.62. The Morgan fingerprint density at radius 1 is 1.32 bits per heavy atom. The van der Waals surface area contributed by atoms with E-state index in [0.717, 1.165) is 27.1 Å². The Balaban J connectivity index is 2.09. The minimum absolute atomic E-state index is 0.0115. The molecule has 0 fully saturated rings. The van der Waals surface area contributed by atoms with Gasteiger partial charge in [-0.3, -0.25) is 9.48 Å². The van der Waals surface area contributed by atoms with Crippen LogP contribution in [0.5, 0.6) is 0 Å². The summed E-state index contributed by atoms with van der Waals surface area (Å²) < 4.78 is 2.89. The van der Waals surface area contributed by atoms with Crippen molar-refractivity contribution in [1.29, 1.82) is 0 Å². The fourth-order valence-corrected chi connectivity index (χ4v) is 2.62. The number of halogens is 1. The van der Waals surface area contributed by atoms with Crippen LogP contribution < -0.4 is 5.32 Å². The van der Waals surface area contributed by atoms with Crippen LogP contribution in [0.25, 0.3) is 0 Å². The zero-order chi connectivity index (χ0) is 16.4. The largest absolute Gasteiger partial charge is 0.326 e. The van der Waals surface area contributed by atoms with E-state index in [1.165, 1.54) is 5.56 Å². The van der Waals surface area contributed by atoms with Crippen molar-refractivity contribution in [2.75, 3.05) is 5.32 Å². The molecule has 0 spiro atoms. The molecule has 0 aliphatic heterocycles. The van der Waals surface area contributed by atoms with Crippen LogP contribution in [0, 0.1) is 33.6 Å². The number of aromatic nitrogens is 2. The molecule has 0 saturated heterocycles. The fourth-order valence-electron chi connectivity index (χ4n) is 2.34. The maximum absolute atomic E-state index is 12.4. The molecule has 2 aromatic rings. The zero-order valence-electron chi connectivity index (χ0n) is 13.7. The van der Waals surface area contributed by atoms with E-state index in [9.17, 15) is 4.79 Å². The maximum Gasteiger partial charge on any atom is 0.229 e. The summed E-state index contributed by atoms with van der Waals surface area (Å²) in [5, 5.41) is 7.48. The van der Waals surface area contributed by atoms with Crippen LogP contribution in [0.1, 0.15) is 29.4 Å². The Morgan fingerprint density at radius 2 is 2.00 bits per heavy atom. The van der Waals surface area contributed by atoms with Gasteiger partial charge in [-0.2, -0.15) is 5.10 Å². The third kappa shape index (κ3) is 3.40. The number of amides is 1. The van der Waals surface area contributed by atoms with E-state index in [2.05, 4.69) is 26.3 Å². The number of nitrogens with one attached hydrogen (secondary N) is 1. The number of hydrogen-bond acceptors (Lipinski definition) is 2. The lowest BCUT2D eigenvalue weighted by atomic mass is 10.1. The first-order valence-electron chi connectivity index (χ1n) is 7.37. The highest BCUT2D eigenvalue weighted by Crippen LogP contribution is 2.22. The van der Waals surface area contributed by atoms with Crippen LogP contribution in [-0.2, 0) is 11.3 Å². The van der Waals surface area contributed by atoms with Crippen molar-refractivity contribution < 1.29 is 4.79 Å². The Kier molecular flexibility index (Phi) is 5.06. The summed E-state index contributed by atoms with van der Waals surface area (Å²) in [5.74, 6) is -0.151. The van der Waals surface area contributed by atoms with Gasteiger partial charge in [-0.1, -0.05) is 19.1 Å². The van der Waals surface area contributed by atoms with E-state index >= 15 is 0 Å². The predicted octanol–water partition coefficient (Wildman–Crippen LogP) is 4.15.